The molecule has 2 aromatic carbocycles. The van der Waals surface area contributed by atoms with E-state index >= 15 is 0 Å². The third-order valence-corrected chi connectivity index (χ3v) is 7.84. The largest absolute Gasteiger partial charge is 0.417 e. The van der Waals surface area contributed by atoms with E-state index in [1.807, 2.05) is 29.2 Å². The van der Waals surface area contributed by atoms with Gasteiger partial charge in [0.05, 0.1) is 18.7 Å². The van der Waals surface area contributed by atoms with E-state index in [1.54, 1.807) is 13.1 Å². The van der Waals surface area contributed by atoms with E-state index in [-0.39, 0.29) is 36.3 Å². The average Bonchev–Trinajstić information content (AvgIpc) is 3.43. The Hall–Kier alpha value is -4.11. The van der Waals surface area contributed by atoms with Crippen LogP contribution >= 0.6 is 0 Å². The number of rotatable bonds is 8. The van der Waals surface area contributed by atoms with Gasteiger partial charge in [0, 0.05) is 47.7 Å². The van der Waals surface area contributed by atoms with Crippen LogP contribution in [0.1, 0.15) is 49.7 Å². The highest BCUT2D eigenvalue weighted by Gasteiger charge is 2.34. The van der Waals surface area contributed by atoms with Crippen LogP contribution in [0.25, 0.3) is 11.4 Å². The third-order valence-electron chi connectivity index (χ3n) is 7.84. The predicted octanol–water partition coefficient (Wildman–Crippen LogP) is 4.72. The number of nitrogens with one attached hydrogen (secondary N) is 2. The van der Waals surface area contributed by atoms with Crippen molar-refractivity contribution in [1.82, 2.24) is 25.1 Å². The molecule has 2 fully saturated rings. The number of hydrogen-bond acceptors (Lipinski definition) is 7. The maximum absolute atomic E-state index is 13.3. The number of anilines is 2. The van der Waals surface area contributed by atoms with Crippen LogP contribution in [0.15, 0.2) is 42.5 Å². The molecule has 2 heterocycles. The molecule has 222 valence electrons. The molecule has 12 heteroatoms. The van der Waals surface area contributed by atoms with E-state index in [1.165, 1.54) is 10.9 Å². The van der Waals surface area contributed by atoms with Gasteiger partial charge in [-0.05, 0) is 86.2 Å². The number of amides is 1. The average molecular weight is 582 g/mol. The molecule has 5 rings (SSSR count). The number of halogens is 3. The molecule has 0 bridgehead atoms. The van der Waals surface area contributed by atoms with Crippen molar-refractivity contribution < 1.29 is 22.7 Å². The Morgan fingerprint density at radius 3 is 2.26 bits per heavy atom. The summed E-state index contributed by atoms with van der Waals surface area (Å²) < 4.78 is 45.9. The van der Waals surface area contributed by atoms with Crippen molar-refractivity contribution in [2.75, 3.05) is 30.3 Å². The number of carbonyl (C=O) groups is 1. The van der Waals surface area contributed by atoms with Crippen LogP contribution in [0.3, 0.4) is 0 Å². The fourth-order valence-electron chi connectivity index (χ4n) is 5.51. The summed E-state index contributed by atoms with van der Waals surface area (Å²) in [6.45, 7) is 1.37. The molecule has 1 saturated carbocycles. The van der Waals surface area contributed by atoms with Gasteiger partial charge in [-0.15, -0.1) is 16.6 Å². The van der Waals surface area contributed by atoms with Crippen LogP contribution in [-0.2, 0) is 22.8 Å². The molecule has 1 aliphatic heterocycles. The van der Waals surface area contributed by atoms with Gasteiger partial charge in [0.2, 0.25) is 11.7 Å². The lowest BCUT2D eigenvalue weighted by atomic mass is 9.92. The van der Waals surface area contributed by atoms with Crippen LogP contribution in [0, 0.1) is 12.3 Å². The first kappa shape index (κ1) is 29.4. The van der Waals surface area contributed by atoms with E-state index in [4.69, 9.17) is 11.2 Å². The molecule has 42 heavy (non-hydrogen) atoms. The lowest BCUT2D eigenvalue weighted by Crippen LogP contribution is -2.44. The second-order valence-electron chi connectivity index (χ2n) is 10.8. The topological polar surface area (TPSA) is 97.2 Å². The van der Waals surface area contributed by atoms with Crippen molar-refractivity contribution in [3.63, 3.8) is 0 Å². The molecule has 2 N–H and O–H groups in total. The number of hydrogen-bond donors (Lipinski definition) is 2. The summed E-state index contributed by atoms with van der Waals surface area (Å²) in [5, 5.41) is 18.9. The van der Waals surface area contributed by atoms with Gasteiger partial charge in [0.1, 0.15) is 6.61 Å². The quantitative estimate of drug-likeness (QED) is 0.372. The Balaban J connectivity index is 1.01. The summed E-state index contributed by atoms with van der Waals surface area (Å²) in [5.41, 5.74) is 1.32. The fraction of sp³-hybridized carbons (Fsp3) is 0.467. The number of terminal acetylenes is 1. The van der Waals surface area contributed by atoms with E-state index in [0.717, 1.165) is 55.8 Å². The summed E-state index contributed by atoms with van der Waals surface area (Å²) in [7, 11) is 1.73. The maximum Gasteiger partial charge on any atom is 0.417 e. The van der Waals surface area contributed by atoms with Gasteiger partial charge in [0.25, 0.3) is 0 Å². The molecule has 2 aliphatic rings. The lowest BCUT2D eigenvalue weighted by Gasteiger charge is -2.34. The summed E-state index contributed by atoms with van der Waals surface area (Å²) in [6, 6.07) is 12.2. The molecular weight excluding hydrogens is 547 g/mol. The minimum atomic E-state index is -4.51. The Morgan fingerprint density at radius 1 is 1.00 bits per heavy atom. The van der Waals surface area contributed by atoms with Crippen LogP contribution in [-0.4, -0.2) is 68.9 Å². The molecule has 0 spiro atoms. The van der Waals surface area contributed by atoms with Crippen molar-refractivity contribution in [3.05, 3.63) is 53.6 Å². The first-order valence-corrected chi connectivity index (χ1v) is 14.1. The molecule has 1 amide bonds. The van der Waals surface area contributed by atoms with Crippen molar-refractivity contribution in [1.29, 1.82) is 0 Å². The normalized spacial score (nSPS) is 19.7. The highest BCUT2D eigenvalue weighted by Crippen LogP contribution is 2.34. The number of likely N-dealkylation sites (tertiary alicyclic amines) is 1. The van der Waals surface area contributed by atoms with Crippen molar-refractivity contribution in [3.8, 4) is 23.7 Å². The van der Waals surface area contributed by atoms with E-state index in [9.17, 15) is 18.0 Å². The molecule has 1 aliphatic carbocycles. The van der Waals surface area contributed by atoms with Gasteiger partial charge in [-0.2, -0.15) is 18.0 Å². The number of benzene rings is 2. The third kappa shape index (κ3) is 7.39. The molecule has 1 saturated heterocycles. The number of aromatic nitrogens is 4. The maximum atomic E-state index is 13.3. The van der Waals surface area contributed by atoms with Crippen molar-refractivity contribution in [2.45, 2.75) is 62.9 Å². The van der Waals surface area contributed by atoms with Crippen LogP contribution < -0.4 is 10.6 Å². The van der Waals surface area contributed by atoms with Crippen molar-refractivity contribution in [2.24, 2.45) is 7.05 Å². The zero-order valence-electron chi connectivity index (χ0n) is 23.4. The molecule has 9 nitrogen and oxygen atoms in total. The monoisotopic (exact) mass is 581 g/mol. The van der Waals surface area contributed by atoms with Gasteiger partial charge in [-0.1, -0.05) is 5.92 Å². The Morgan fingerprint density at radius 2 is 1.64 bits per heavy atom. The zero-order valence-corrected chi connectivity index (χ0v) is 23.4. The number of carbonyl (C=O) groups excluding carboxylic acids is 1. The number of aryl methyl sites for hydroxylation is 1. The number of tetrazole rings is 1. The van der Waals surface area contributed by atoms with E-state index in [0.29, 0.717) is 24.6 Å². The smallest absolute Gasteiger partial charge is 0.382 e. The molecule has 1 aromatic heterocycles. The van der Waals surface area contributed by atoms with Crippen molar-refractivity contribution >= 4 is 17.3 Å². The number of piperidine rings is 1. The predicted molar refractivity (Wildman–Crippen MR) is 152 cm³/mol. The van der Waals surface area contributed by atoms with Gasteiger partial charge < -0.3 is 20.3 Å². The number of ether oxygens (including phenoxy) is 1. The second kappa shape index (κ2) is 12.8. The van der Waals surface area contributed by atoms with Gasteiger partial charge >= 0.3 is 6.18 Å². The van der Waals surface area contributed by atoms with E-state index < -0.39 is 11.7 Å². The molecule has 0 radical (unpaired) electrons. The van der Waals surface area contributed by atoms with Gasteiger partial charge in [-0.25, -0.2) is 0 Å². The van der Waals surface area contributed by atoms with Crippen LogP contribution in [0.4, 0.5) is 24.5 Å². The first-order chi connectivity index (χ1) is 20.2. The second-order valence-corrected chi connectivity index (χ2v) is 10.8. The van der Waals surface area contributed by atoms with Gasteiger partial charge in [0.15, 0.2) is 0 Å². The highest BCUT2D eigenvalue weighted by molar-refractivity contribution is 5.77. The van der Waals surface area contributed by atoms with Crippen LogP contribution in [0.5, 0.6) is 0 Å². The lowest BCUT2D eigenvalue weighted by molar-refractivity contribution is -0.140. The highest BCUT2D eigenvalue weighted by atomic mass is 19.4. The summed E-state index contributed by atoms with van der Waals surface area (Å²) >= 11 is 0. The Kier molecular flexibility index (Phi) is 8.97. The van der Waals surface area contributed by atoms with Gasteiger partial charge in [-0.3, -0.25) is 4.79 Å². The molecule has 0 unspecified atom stereocenters. The summed E-state index contributed by atoms with van der Waals surface area (Å²) in [6.07, 6.45) is 5.31. The SMILES string of the molecule is C#Cc1ccc(NC2CCC(OCC(=O)N3CCC(Nc4ccc(-c5nnn(C)n5)cc4)CC3)CC2)cc1C(F)(F)F. The summed E-state index contributed by atoms with van der Waals surface area (Å²) in [4.78, 5) is 16.1. The number of nitrogens with zero attached hydrogens (tertiary/aromatic N) is 5. The first-order valence-electron chi connectivity index (χ1n) is 14.1. The minimum absolute atomic E-state index is 0.0113. The van der Waals surface area contributed by atoms with Crippen LogP contribution in [0.2, 0.25) is 0 Å². The fourth-order valence-corrected chi connectivity index (χ4v) is 5.51. The summed E-state index contributed by atoms with van der Waals surface area (Å²) in [5.74, 6) is 2.67. The Labute approximate surface area is 242 Å². The molecular formula is C30H34F3N7O2. The molecule has 3 aromatic rings. The number of alkyl halides is 3. The minimum Gasteiger partial charge on any atom is -0.382 e. The standard InChI is InChI=1S/C30H34F3N7O2/c1-3-20-4-9-25(18-27(20)30(31,32)33)35-23-10-12-26(13-11-23)42-19-28(41)40-16-14-24(15-17-40)34-22-7-5-21(6-8-22)29-36-38-39(2)37-29/h1,4-9,18,23-24,26,34-35H,10-17,19H2,2H3. The molecule has 0 atom stereocenters. The van der Waals surface area contributed by atoms with E-state index in [2.05, 4.69) is 32.0 Å². The Bertz CT molecular complexity index is 1400. The zero-order chi connectivity index (χ0) is 29.7.